The van der Waals surface area contributed by atoms with Gasteiger partial charge in [0.15, 0.2) is 0 Å². The highest BCUT2D eigenvalue weighted by Gasteiger charge is 2.43. The number of esters is 1. The van der Waals surface area contributed by atoms with Crippen LogP contribution in [0.4, 0.5) is 4.79 Å². The predicted octanol–water partition coefficient (Wildman–Crippen LogP) is 5.80. The number of benzene rings is 3. The molecule has 2 atom stereocenters. The van der Waals surface area contributed by atoms with Crippen LogP contribution >= 0.6 is 0 Å². The van der Waals surface area contributed by atoms with Crippen LogP contribution in [0.1, 0.15) is 69.6 Å². The fraction of sp³-hybridized carbons (Fsp3) is 0.357. The lowest BCUT2D eigenvalue weighted by Crippen LogP contribution is -2.62. The average molecular weight is 723 g/mol. The molecule has 0 saturated heterocycles. The number of hydrogen-bond donors (Lipinski definition) is 3. The monoisotopic (exact) mass is 722 g/mol. The normalized spacial score (nSPS) is 13.6. The van der Waals surface area contributed by atoms with Gasteiger partial charge in [0.1, 0.15) is 30.3 Å². The van der Waals surface area contributed by atoms with Crippen LogP contribution in [0.15, 0.2) is 104 Å². The zero-order valence-corrected chi connectivity index (χ0v) is 31.0. The standard InChI is InChI=1S/C42H50N4O7/c1-7-9-24-42(6,39(50)45-35(17-8-2)38(49)53-41(3,4)5)46(27-29-18-11-10-12-19-29)37(48)26-43-36(47)25-44-40(51)52-28-34-32-22-15-13-20-30(32)31-21-14-16-23-33(31)34/h7-8,10-16,18-23,34-35H,1-2,9,17,24-28H2,3-6H3,(H,43,47)(H,44,51)(H,45,50). The molecule has 11 nitrogen and oxygen atoms in total. The molecule has 53 heavy (non-hydrogen) atoms. The van der Waals surface area contributed by atoms with Gasteiger partial charge in [-0.3, -0.25) is 14.4 Å². The molecule has 2 unspecified atom stereocenters. The Kier molecular flexibility index (Phi) is 13.7. The number of nitrogens with zero attached hydrogens (tertiary/aromatic N) is 1. The van der Waals surface area contributed by atoms with E-state index in [1.165, 1.54) is 11.0 Å². The summed E-state index contributed by atoms with van der Waals surface area (Å²) in [7, 11) is 0. The lowest BCUT2D eigenvalue weighted by atomic mass is 9.90. The SMILES string of the molecule is C=CCCC(C)(C(=O)NC(CC=C)C(=O)OC(C)(C)C)N(Cc1ccccc1)C(=O)CNC(=O)CNC(=O)OCC1c2ccccc2-c2ccccc21. The molecule has 3 aromatic carbocycles. The molecule has 4 amide bonds. The van der Waals surface area contributed by atoms with Gasteiger partial charge in [-0.05, 0) is 74.8 Å². The minimum atomic E-state index is -1.48. The zero-order chi connectivity index (χ0) is 38.6. The number of carbonyl (C=O) groups is 5. The van der Waals surface area contributed by atoms with E-state index in [4.69, 9.17) is 9.47 Å². The van der Waals surface area contributed by atoms with Crippen molar-refractivity contribution in [3.05, 3.63) is 121 Å². The summed E-state index contributed by atoms with van der Waals surface area (Å²) in [5.41, 5.74) is 2.80. The molecule has 1 aliphatic carbocycles. The molecular weight excluding hydrogens is 672 g/mol. The summed E-state index contributed by atoms with van der Waals surface area (Å²) in [5.74, 6) is -2.53. The molecule has 4 rings (SSSR count). The third-order valence-corrected chi connectivity index (χ3v) is 8.98. The van der Waals surface area contributed by atoms with Gasteiger partial charge in [0.2, 0.25) is 17.7 Å². The Hall–Kier alpha value is -5.71. The summed E-state index contributed by atoms with van der Waals surface area (Å²) in [5, 5.41) is 7.81. The molecule has 3 N–H and O–H groups in total. The maximum atomic E-state index is 14.1. The van der Waals surface area contributed by atoms with E-state index < -0.39 is 60.1 Å². The first kappa shape index (κ1) is 40.1. The quantitative estimate of drug-likeness (QED) is 0.118. The van der Waals surface area contributed by atoms with E-state index in [9.17, 15) is 24.0 Å². The highest BCUT2D eigenvalue weighted by atomic mass is 16.6. The Balaban J connectivity index is 1.42. The van der Waals surface area contributed by atoms with Gasteiger partial charge < -0.3 is 30.3 Å². The minimum absolute atomic E-state index is 0.0349. The summed E-state index contributed by atoms with van der Waals surface area (Å²) >= 11 is 0. The van der Waals surface area contributed by atoms with Crippen LogP contribution in [0.5, 0.6) is 0 Å². The Bertz CT molecular complexity index is 1760. The number of carbonyl (C=O) groups excluding carboxylic acids is 5. The predicted molar refractivity (Wildman–Crippen MR) is 203 cm³/mol. The van der Waals surface area contributed by atoms with Crippen LogP contribution in [0.25, 0.3) is 11.1 Å². The molecule has 0 aliphatic heterocycles. The number of allylic oxidation sites excluding steroid dienone is 1. The molecule has 3 aromatic rings. The largest absolute Gasteiger partial charge is 0.458 e. The molecule has 0 spiro atoms. The third-order valence-electron chi connectivity index (χ3n) is 8.98. The molecule has 280 valence electrons. The van der Waals surface area contributed by atoms with Crippen LogP contribution in [0, 0.1) is 0 Å². The van der Waals surface area contributed by atoms with E-state index in [-0.39, 0.29) is 31.9 Å². The molecule has 0 saturated carbocycles. The number of amides is 4. The number of nitrogens with one attached hydrogen (secondary N) is 3. The van der Waals surface area contributed by atoms with Crippen molar-refractivity contribution in [3.8, 4) is 11.1 Å². The van der Waals surface area contributed by atoms with Crippen LogP contribution < -0.4 is 16.0 Å². The van der Waals surface area contributed by atoms with Gasteiger partial charge in [-0.1, -0.05) is 91.0 Å². The molecule has 0 heterocycles. The average Bonchev–Trinajstić information content (AvgIpc) is 3.46. The summed E-state index contributed by atoms with van der Waals surface area (Å²) < 4.78 is 11.1. The van der Waals surface area contributed by atoms with Gasteiger partial charge in [-0.25, -0.2) is 9.59 Å². The second-order valence-electron chi connectivity index (χ2n) is 14.1. The van der Waals surface area contributed by atoms with Crippen molar-refractivity contribution in [2.24, 2.45) is 0 Å². The van der Waals surface area contributed by atoms with Crippen LogP contribution in [0.2, 0.25) is 0 Å². The molecule has 11 heteroatoms. The summed E-state index contributed by atoms with van der Waals surface area (Å²) in [6.07, 6.45) is 3.03. The maximum Gasteiger partial charge on any atom is 0.407 e. The second-order valence-corrected chi connectivity index (χ2v) is 14.1. The fourth-order valence-corrected chi connectivity index (χ4v) is 6.26. The van der Waals surface area contributed by atoms with Gasteiger partial charge in [-0.15, -0.1) is 13.2 Å². The fourth-order valence-electron chi connectivity index (χ4n) is 6.26. The molecule has 1 aliphatic rings. The Morgan fingerprint density at radius 3 is 2.00 bits per heavy atom. The zero-order valence-electron chi connectivity index (χ0n) is 31.0. The van der Waals surface area contributed by atoms with Crippen molar-refractivity contribution >= 4 is 29.8 Å². The number of fused-ring (bicyclic) bond motifs is 3. The lowest BCUT2D eigenvalue weighted by Gasteiger charge is -2.41. The van der Waals surface area contributed by atoms with Crippen LogP contribution in [-0.2, 0) is 35.2 Å². The van der Waals surface area contributed by atoms with Gasteiger partial charge in [0, 0.05) is 12.5 Å². The van der Waals surface area contributed by atoms with Gasteiger partial charge in [0.05, 0.1) is 6.54 Å². The van der Waals surface area contributed by atoms with Gasteiger partial charge in [0.25, 0.3) is 0 Å². The molecule has 0 radical (unpaired) electrons. The summed E-state index contributed by atoms with van der Waals surface area (Å²) in [6, 6.07) is 24.0. The first-order chi connectivity index (χ1) is 25.3. The molecule has 0 fully saturated rings. The number of ether oxygens (including phenoxy) is 2. The van der Waals surface area contributed by atoms with E-state index >= 15 is 0 Å². The van der Waals surface area contributed by atoms with Crippen molar-refractivity contribution in [1.82, 2.24) is 20.9 Å². The smallest absolute Gasteiger partial charge is 0.407 e. The molecule has 0 bridgehead atoms. The topological polar surface area (TPSA) is 143 Å². The van der Waals surface area contributed by atoms with E-state index in [0.29, 0.717) is 6.42 Å². The van der Waals surface area contributed by atoms with E-state index in [2.05, 4.69) is 29.1 Å². The minimum Gasteiger partial charge on any atom is -0.458 e. The Labute approximate surface area is 311 Å². The van der Waals surface area contributed by atoms with Crippen LogP contribution in [-0.4, -0.2) is 71.6 Å². The van der Waals surface area contributed by atoms with E-state index in [1.54, 1.807) is 33.8 Å². The van der Waals surface area contributed by atoms with Crippen molar-refractivity contribution in [1.29, 1.82) is 0 Å². The highest BCUT2D eigenvalue weighted by molar-refractivity contribution is 5.95. The van der Waals surface area contributed by atoms with Crippen molar-refractivity contribution in [3.63, 3.8) is 0 Å². The lowest BCUT2D eigenvalue weighted by molar-refractivity contribution is -0.160. The van der Waals surface area contributed by atoms with E-state index in [1.807, 2.05) is 78.9 Å². The molecule has 0 aromatic heterocycles. The third kappa shape index (κ3) is 10.7. The Morgan fingerprint density at radius 1 is 0.811 bits per heavy atom. The Morgan fingerprint density at radius 2 is 1.42 bits per heavy atom. The van der Waals surface area contributed by atoms with Crippen molar-refractivity contribution in [2.45, 2.75) is 76.6 Å². The molecular formula is C42H50N4O7. The van der Waals surface area contributed by atoms with Crippen molar-refractivity contribution in [2.75, 3.05) is 19.7 Å². The highest BCUT2D eigenvalue weighted by Crippen LogP contribution is 2.44. The second kappa shape index (κ2) is 18.2. The first-order valence-corrected chi connectivity index (χ1v) is 17.7. The van der Waals surface area contributed by atoms with Gasteiger partial charge >= 0.3 is 12.1 Å². The number of hydrogen-bond acceptors (Lipinski definition) is 7. The van der Waals surface area contributed by atoms with E-state index in [0.717, 1.165) is 27.8 Å². The number of rotatable bonds is 17. The summed E-state index contributed by atoms with van der Waals surface area (Å²) in [6.45, 7) is 13.5. The number of alkyl carbamates (subject to hydrolysis) is 1. The summed E-state index contributed by atoms with van der Waals surface area (Å²) in [4.78, 5) is 68.1. The first-order valence-electron chi connectivity index (χ1n) is 17.7. The van der Waals surface area contributed by atoms with Crippen molar-refractivity contribution < 1.29 is 33.4 Å². The van der Waals surface area contributed by atoms with Crippen LogP contribution in [0.3, 0.4) is 0 Å². The maximum absolute atomic E-state index is 14.1. The van der Waals surface area contributed by atoms with Gasteiger partial charge in [-0.2, -0.15) is 0 Å².